The molecule has 2 aliphatic heterocycles. The fourth-order valence-electron chi connectivity index (χ4n) is 1.41. The second kappa shape index (κ2) is 7.67. The van der Waals surface area contributed by atoms with Gasteiger partial charge in [-0.1, -0.05) is 0 Å². The second-order valence-electron chi connectivity index (χ2n) is 4.39. The molecule has 0 aliphatic carbocycles. The Balaban J connectivity index is 1.54. The summed E-state index contributed by atoms with van der Waals surface area (Å²) in [5, 5.41) is 8.47. The summed E-state index contributed by atoms with van der Waals surface area (Å²) in [6.45, 7) is 4.13. The lowest BCUT2D eigenvalue weighted by atomic mass is 10.4. The Bertz CT molecular complexity index is 254. The molecular weight excluding hydrogens is 238 g/mol. The lowest BCUT2D eigenvalue weighted by Crippen LogP contribution is -2.27. The zero-order chi connectivity index (χ0) is 12.6. The van der Waals surface area contributed by atoms with Crippen molar-refractivity contribution in [2.75, 3.05) is 46.2 Å². The molecule has 2 rings (SSSR count). The van der Waals surface area contributed by atoms with E-state index in [1.165, 1.54) is 0 Å². The Morgan fingerprint density at radius 1 is 1.11 bits per heavy atom. The first-order valence-electron chi connectivity index (χ1n) is 6.25. The Labute approximate surface area is 107 Å². The second-order valence-corrected chi connectivity index (χ2v) is 4.39. The van der Waals surface area contributed by atoms with Gasteiger partial charge in [0.1, 0.15) is 18.3 Å². The molecule has 0 amide bonds. The zero-order valence-corrected chi connectivity index (χ0v) is 10.4. The minimum absolute atomic E-state index is 0.129. The van der Waals surface area contributed by atoms with Gasteiger partial charge < -0.3 is 23.7 Å². The van der Waals surface area contributed by atoms with Crippen LogP contribution in [0.3, 0.4) is 0 Å². The van der Waals surface area contributed by atoms with Gasteiger partial charge in [0.05, 0.1) is 58.7 Å². The molecule has 6 heteroatoms. The smallest absolute Gasteiger partial charge is 0.104 e. The van der Waals surface area contributed by atoms with Crippen LogP contribution in [0.1, 0.15) is 6.42 Å². The summed E-state index contributed by atoms with van der Waals surface area (Å²) in [5.74, 6) is 0. The number of rotatable bonds is 11. The summed E-state index contributed by atoms with van der Waals surface area (Å²) < 4.78 is 26.6. The largest absolute Gasteiger partial charge is 0.376 e. The van der Waals surface area contributed by atoms with Crippen molar-refractivity contribution in [1.29, 1.82) is 5.26 Å². The van der Waals surface area contributed by atoms with Crippen molar-refractivity contribution in [1.82, 2.24) is 0 Å². The van der Waals surface area contributed by atoms with Crippen molar-refractivity contribution in [2.45, 2.75) is 24.7 Å². The first kappa shape index (κ1) is 13.7. The van der Waals surface area contributed by atoms with E-state index in [2.05, 4.69) is 0 Å². The van der Waals surface area contributed by atoms with Crippen LogP contribution in [-0.4, -0.2) is 64.6 Å². The first-order valence-corrected chi connectivity index (χ1v) is 6.25. The standard InChI is InChI=1S/C12H19NO5/c13-2-1-3-16-10(4-14-6-11-8-17-11)5-15-7-12-9-18-12/h10-12H,1,3-9H2. The summed E-state index contributed by atoms with van der Waals surface area (Å²) in [5.41, 5.74) is 0. The Kier molecular flexibility index (Phi) is 5.84. The van der Waals surface area contributed by atoms with Gasteiger partial charge in [-0.2, -0.15) is 5.26 Å². The van der Waals surface area contributed by atoms with Gasteiger partial charge in [-0.3, -0.25) is 0 Å². The van der Waals surface area contributed by atoms with Crippen LogP contribution in [-0.2, 0) is 23.7 Å². The van der Waals surface area contributed by atoms with E-state index in [0.717, 1.165) is 13.2 Å². The van der Waals surface area contributed by atoms with Crippen molar-refractivity contribution in [3.63, 3.8) is 0 Å². The van der Waals surface area contributed by atoms with E-state index in [1.54, 1.807) is 0 Å². The molecule has 0 N–H and O–H groups in total. The quantitative estimate of drug-likeness (QED) is 0.386. The predicted molar refractivity (Wildman–Crippen MR) is 61.1 cm³/mol. The lowest BCUT2D eigenvalue weighted by molar-refractivity contribution is -0.0616. The predicted octanol–water partition coefficient (Wildman–Crippen LogP) is 0.116. The topological polar surface area (TPSA) is 76.5 Å². The van der Waals surface area contributed by atoms with E-state index in [4.69, 9.17) is 28.9 Å². The molecule has 2 saturated heterocycles. The summed E-state index contributed by atoms with van der Waals surface area (Å²) in [6, 6.07) is 2.05. The van der Waals surface area contributed by atoms with Gasteiger partial charge in [-0.15, -0.1) is 0 Å². The number of hydrogen-bond acceptors (Lipinski definition) is 6. The summed E-state index contributed by atoms with van der Waals surface area (Å²) in [4.78, 5) is 0. The molecule has 2 aliphatic rings. The van der Waals surface area contributed by atoms with Crippen LogP contribution in [0.25, 0.3) is 0 Å². The molecule has 0 saturated carbocycles. The molecule has 18 heavy (non-hydrogen) atoms. The van der Waals surface area contributed by atoms with Gasteiger partial charge in [-0.25, -0.2) is 0 Å². The summed E-state index contributed by atoms with van der Waals surface area (Å²) >= 11 is 0. The lowest BCUT2D eigenvalue weighted by Gasteiger charge is -2.17. The maximum atomic E-state index is 8.47. The number of nitriles is 1. The van der Waals surface area contributed by atoms with Crippen LogP contribution >= 0.6 is 0 Å². The normalized spacial score (nSPS) is 26.6. The van der Waals surface area contributed by atoms with E-state index in [1.807, 2.05) is 6.07 Å². The van der Waals surface area contributed by atoms with Gasteiger partial charge >= 0.3 is 0 Å². The molecule has 0 aromatic carbocycles. The van der Waals surface area contributed by atoms with E-state index in [-0.39, 0.29) is 18.3 Å². The van der Waals surface area contributed by atoms with Gasteiger partial charge in [0, 0.05) is 0 Å². The number of epoxide rings is 2. The average molecular weight is 257 g/mol. The first-order chi connectivity index (χ1) is 8.88. The van der Waals surface area contributed by atoms with Gasteiger partial charge in [0.15, 0.2) is 0 Å². The van der Waals surface area contributed by atoms with Crippen LogP contribution in [0.5, 0.6) is 0 Å². The molecule has 102 valence electrons. The molecule has 0 aromatic rings. The van der Waals surface area contributed by atoms with Crippen molar-refractivity contribution >= 4 is 0 Å². The molecule has 2 unspecified atom stereocenters. The highest BCUT2D eigenvalue weighted by Gasteiger charge is 2.24. The van der Waals surface area contributed by atoms with Crippen LogP contribution in [0.15, 0.2) is 0 Å². The third-order valence-electron chi connectivity index (χ3n) is 2.59. The third kappa shape index (κ3) is 6.28. The number of ether oxygens (including phenoxy) is 5. The minimum Gasteiger partial charge on any atom is -0.376 e. The van der Waals surface area contributed by atoms with Crippen LogP contribution in [0.4, 0.5) is 0 Å². The average Bonchev–Trinajstić information content (AvgIpc) is 3.23. The zero-order valence-electron chi connectivity index (χ0n) is 10.4. The fraction of sp³-hybridized carbons (Fsp3) is 0.917. The van der Waals surface area contributed by atoms with Crippen molar-refractivity contribution in [2.24, 2.45) is 0 Å². The van der Waals surface area contributed by atoms with Crippen molar-refractivity contribution < 1.29 is 23.7 Å². The van der Waals surface area contributed by atoms with E-state index >= 15 is 0 Å². The summed E-state index contributed by atoms with van der Waals surface area (Å²) in [7, 11) is 0. The molecule has 0 spiro atoms. The molecule has 2 atom stereocenters. The molecule has 2 fully saturated rings. The molecular formula is C12H19NO5. The third-order valence-corrected chi connectivity index (χ3v) is 2.59. The minimum atomic E-state index is -0.129. The van der Waals surface area contributed by atoms with Gasteiger partial charge in [0.2, 0.25) is 0 Å². The number of nitrogens with zero attached hydrogens (tertiary/aromatic N) is 1. The monoisotopic (exact) mass is 257 g/mol. The fourth-order valence-corrected chi connectivity index (χ4v) is 1.41. The number of hydrogen-bond donors (Lipinski definition) is 0. The Morgan fingerprint density at radius 2 is 1.67 bits per heavy atom. The van der Waals surface area contributed by atoms with Crippen molar-refractivity contribution in [3.8, 4) is 6.07 Å². The summed E-state index contributed by atoms with van der Waals surface area (Å²) in [6.07, 6.45) is 0.764. The highest BCUT2D eigenvalue weighted by Crippen LogP contribution is 2.11. The molecule has 0 aromatic heterocycles. The van der Waals surface area contributed by atoms with E-state index in [0.29, 0.717) is 39.5 Å². The Hall–Kier alpha value is -0.710. The Morgan fingerprint density at radius 3 is 2.11 bits per heavy atom. The highest BCUT2D eigenvalue weighted by atomic mass is 16.6. The maximum Gasteiger partial charge on any atom is 0.104 e. The van der Waals surface area contributed by atoms with E-state index < -0.39 is 0 Å². The molecule has 0 radical (unpaired) electrons. The van der Waals surface area contributed by atoms with Gasteiger partial charge in [0.25, 0.3) is 0 Å². The molecule has 0 bridgehead atoms. The highest BCUT2D eigenvalue weighted by molar-refractivity contribution is 4.71. The van der Waals surface area contributed by atoms with Crippen molar-refractivity contribution in [3.05, 3.63) is 0 Å². The van der Waals surface area contributed by atoms with Crippen LogP contribution < -0.4 is 0 Å². The van der Waals surface area contributed by atoms with Gasteiger partial charge in [-0.05, 0) is 0 Å². The molecule has 2 heterocycles. The van der Waals surface area contributed by atoms with Crippen LogP contribution in [0, 0.1) is 11.3 Å². The van der Waals surface area contributed by atoms with Crippen LogP contribution in [0.2, 0.25) is 0 Å². The maximum absolute atomic E-state index is 8.47. The van der Waals surface area contributed by atoms with E-state index in [9.17, 15) is 0 Å². The SMILES string of the molecule is N#CCCOC(COCC1CO1)COCC1CO1. The molecule has 6 nitrogen and oxygen atoms in total.